The van der Waals surface area contributed by atoms with E-state index in [0.29, 0.717) is 21.8 Å². The van der Waals surface area contributed by atoms with Crippen LogP contribution >= 0.6 is 23.2 Å². The number of anilines is 1. The van der Waals surface area contributed by atoms with Gasteiger partial charge in [0.25, 0.3) is 5.91 Å². The van der Waals surface area contributed by atoms with E-state index in [4.69, 9.17) is 40.1 Å². The fourth-order valence-electron chi connectivity index (χ4n) is 3.41. The van der Waals surface area contributed by atoms with E-state index in [0.717, 1.165) is 6.08 Å². The van der Waals surface area contributed by atoms with Crippen LogP contribution in [0.5, 0.6) is 0 Å². The number of nitrogens with one attached hydrogen (secondary N) is 2. The Hall–Kier alpha value is -3.89. The molecular weight excluding hydrogens is 505 g/mol. The van der Waals surface area contributed by atoms with Crippen LogP contribution in [0.3, 0.4) is 0 Å². The molecule has 3 aromatic rings. The number of aliphatic hydroxyl groups excluding tert-OH is 1. The number of primary amides is 1. The molecule has 0 fully saturated rings. The van der Waals surface area contributed by atoms with E-state index in [2.05, 4.69) is 15.4 Å². The van der Waals surface area contributed by atoms with Crippen LogP contribution in [-0.2, 0) is 4.79 Å². The zero-order valence-electron chi connectivity index (χ0n) is 19.7. The Morgan fingerprint density at radius 3 is 2.44 bits per heavy atom. The lowest BCUT2D eigenvalue weighted by Gasteiger charge is -2.12. The highest BCUT2D eigenvalue weighted by atomic mass is 35.5. The van der Waals surface area contributed by atoms with Gasteiger partial charge in [-0.05, 0) is 50.6 Å². The average Bonchev–Trinajstić information content (AvgIpc) is 3.16. The van der Waals surface area contributed by atoms with Crippen LogP contribution in [0.15, 0.2) is 48.5 Å². The number of nitrogen functional groups attached to an aromatic ring is 1. The number of hydrogen-bond donors (Lipinski definition) is 5. The van der Waals surface area contributed by atoms with Crippen molar-refractivity contribution in [2.75, 3.05) is 5.73 Å². The smallest absolute Gasteiger partial charge is 0.254 e. The second kappa shape index (κ2) is 10.8. The second-order valence-corrected chi connectivity index (χ2v) is 9.11. The topological polar surface area (TPSA) is 173 Å². The fraction of sp³-hybridized carbons (Fsp3) is 0.208. The fourth-order valence-corrected chi connectivity index (χ4v) is 3.92. The maximum absolute atomic E-state index is 12.7. The Kier molecular flexibility index (Phi) is 8.01. The minimum absolute atomic E-state index is 0.0769. The summed E-state index contributed by atoms with van der Waals surface area (Å²) in [5, 5.41) is 25.7. The quantitative estimate of drug-likeness (QED) is 0.216. The van der Waals surface area contributed by atoms with E-state index >= 15 is 0 Å². The minimum Gasteiger partial charge on any atom is -0.494 e. The summed E-state index contributed by atoms with van der Waals surface area (Å²) < 4.78 is 1.49. The summed E-state index contributed by atoms with van der Waals surface area (Å²) in [6.45, 7) is 5.36. The molecule has 0 aliphatic heterocycles. The predicted molar refractivity (Wildman–Crippen MR) is 139 cm³/mol. The lowest BCUT2D eigenvalue weighted by molar-refractivity contribution is -0.122. The largest absolute Gasteiger partial charge is 0.494 e. The summed E-state index contributed by atoms with van der Waals surface area (Å²) in [5.41, 5.74) is 13.0. The second-order valence-electron chi connectivity index (χ2n) is 8.27. The van der Waals surface area contributed by atoms with Crippen molar-refractivity contribution in [2.24, 2.45) is 5.73 Å². The van der Waals surface area contributed by atoms with Gasteiger partial charge in [0.05, 0.1) is 22.3 Å². The Bertz CT molecular complexity index is 1360. The molecular formula is C24H25Cl2N7O3. The van der Waals surface area contributed by atoms with Crippen molar-refractivity contribution in [3.05, 3.63) is 75.2 Å². The van der Waals surface area contributed by atoms with Gasteiger partial charge in [-0.2, -0.15) is 5.10 Å². The molecule has 36 heavy (non-hydrogen) atoms. The van der Waals surface area contributed by atoms with Crippen LogP contribution in [0.25, 0.3) is 11.4 Å². The van der Waals surface area contributed by atoms with Gasteiger partial charge in [0.15, 0.2) is 5.88 Å². The highest BCUT2D eigenvalue weighted by molar-refractivity contribution is 6.37. The van der Waals surface area contributed by atoms with Crippen molar-refractivity contribution in [2.45, 2.75) is 32.7 Å². The third kappa shape index (κ3) is 5.67. The van der Waals surface area contributed by atoms with Crippen LogP contribution < -0.4 is 16.8 Å². The molecule has 2 amide bonds. The van der Waals surface area contributed by atoms with Gasteiger partial charge in [-0.3, -0.25) is 19.9 Å². The van der Waals surface area contributed by atoms with Gasteiger partial charge in [0.1, 0.15) is 17.1 Å². The highest BCUT2D eigenvalue weighted by Gasteiger charge is 2.24. The molecule has 0 aliphatic rings. The predicted octanol–water partition coefficient (Wildman–Crippen LogP) is 4.20. The normalized spacial score (nSPS) is 12.4. The molecule has 0 spiro atoms. The van der Waals surface area contributed by atoms with E-state index in [1.165, 1.54) is 23.0 Å². The number of amides is 2. The number of halogens is 2. The van der Waals surface area contributed by atoms with E-state index < -0.39 is 23.6 Å². The van der Waals surface area contributed by atoms with E-state index in [1.54, 1.807) is 25.1 Å². The maximum atomic E-state index is 12.7. The minimum atomic E-state index is -0.722. The SMILES string of the molecule is CC(C(=O)N/C(O)=C/C(=N)c1ccc(Cl)cc1Cl)c1ccc(-c2nn(C(C)C)c(N)c2C(N)=O)nc1. The summed E-state index contributed by atoms with van der Waals surface area (Å²) in [7, 11) is 0. The Morgan fingerprint density at radius 1 is 1.19 bits per heavy atom. The Labute approximate surface area is 217 Å². The average molecular weight is 530 g/mol. The van der Waals surface area contributed by atoms with Gasteiger partial charge >= 0.3 is 0 Å². The summed E-state index contributed by atoms with van der Waals surface area (Å²) >= 11 is 11.9. The van der Waals surface area contributed by atoms with Gasteiger partial charge in [-0.25, -0.2) is 4.68 Å². The van der Waals surface area contributed by atoms with Crippen molar-refractivity contribution in [3.63, 3.8) is 0 Å². The molecule has 0 bridgehead atoms. The van der Waals surface area contributed by atoms with Crippen LogP contribution in [0.2, 0.25) is 10.0 Å². The standard InChI is InChI=1S/C24H25Cl2N7O3/c1-11(2)33-22(28)20(23(29)35)21(32-33)18-7-4-13(10-30-18)12(3)24(36)31-19(34)9-17(27)15-6-5-14(25)8-16(15)26/h4-12,27,34H,28H2,1-3H3,(H2,29,35)(H,31,36)/b19-9-,27-17?. The number of nitrogens with zero attached hydrogens (tertiary/aromatic N) is 3. The number of aliphatic hydroxyl groups is 1. The van der Waals surface area contributed by atoms with Crippen molar-refractivity contribution in [1.29, 1.82) is 5.41 Å². The van der Waals surface area contributed by atoms with Crippen molar-refractivity contribution < 1.29 is 14.7 Å². The number of hydrogen-bond acceptors (Lipinski definition) is 7. The molecule has 2 heterocycles. The van der Waals surface area contributed by atoms with E-state index in [-0.39, 0.29) is 33.9 Å². The van der Waals surface area contributed by atoms with Gasteiger partial charge in [0.2, 0.25) is 5.91 Å². The summed E-state index contributed by atoms with van der Waals surface area (Å²) in [6.07, 6.45) is 2.53. The maximum Gasteiger partial charge on any atom is 0.254 e. The summed E-state index contributed by atoms with van der Waals surface area (Å²) in [6, 6.07) is 7.73. The Morgan fingerprint density at radius 2 is 1.89 bits per heavy atom. The van der Waals surface area contributed by atoms with Crippen molar-refractivity contribution in [1.82, 2.24) is 20.1 Å². The Balaban J connectivity index is 1.76. The third-order valence-corrected chi connectivity index (χ3v) is 5.91. The molecule has 0 radical (unpaired) electrons. The van der Waals surface area contributed by atoms with E-state index in [1.807, 2.05) is 13.8 Å². The molecule has 7 N–H and O–H groups in total. The molecule has 2 aromatic heterocycles. The molecule has 3 rings (SSSR count). The summed E-state index contributed by atoms with van der Waals surface area (Å²) in [4.78, 5) is 29.0. The first-order chi connectivity index (χ1) is 16.9. The molecule has 0 saturated carbocycles. The van der Waals surface area contributed by atoms with Gasteiger partial charge in [-0.1, -0.05) is 29.3 Å². The molecule has 0 aliphatic carbocycles. The summed E-state index contributed by atoms with van der Waals surface area (Å²) in [5.74, 6) is -2.32. The zero-order chi connectivity index (χ0) is 26.7. The van der Waals surface area contributed by atoms with Crippen LogP contribution in [0.4, 0.5) is 5.82 Å². The lowest BCUT2D eigenvalue weighted by atomic mass is 10.0. The molecule has 0 saturated heterocycles. The van der Waals surface area contributed by atoms with Crippen molar-refractivity contribution in [3.8, 4) is 11.4 Å². The first kappa shape index (κ1) is 26.7. The molecule has 12 heteroatoms. The van der Waals surface area contributed by atoms with E-state index in [9.17, 15) is 14.7 Å². The molecule has 188 valence electrons. The van der Waals surface area contributed by atoms with Gasteiger partial charge < -0.3 is 22.0 Å². The lowest BCUT2D eigenvalue weighted by Crippen LogP contribution is -2.28. The first-order valence-corrected chi connectivity index (χ1v) is 11.6. The van der Waals surface area contributed by atoms with Crippen LogP contribution in [0, 0.1) is 5.41 Å². The highest BCUT2D eigenvalue weighted by Crippen LogP contribution is 2.28. The molecule has 10 nitrogen and oxygen atoms in total. The number of allylic oxidation sites excluding steroid dienone is 1. The number of rotatable bonds is 8. The zero-order valence-corrected chi connectivity index (χ0v) is 21.2. The number of benzene rings is 1. The number of carbonyl (C=O) groups excluding carboxylic acids is 2. The molecule has 1 aromatic carbocycles. The van der Waals surface area contributed by atoms with Crippen LogP contribution in [0.1, 0.15) is 54.2 Å². The number of aromatic nitrogens is 3. The van der Waals surface area contributed by atoms with Gasteiger partial charge in [-0.15, -0.1) is 0 Å². The van der Waals surface area contributed by atoms with Crippen molar-refractivity contribution >= 4 is 46.5 Å². The number of nitrogens with two attached hydrogens (primary N) is 2. The third-order valence-electron chi connectivity index (χ3n) is 5.36. The first-order valence-electron chi connectivity index (χ1n) is 10.8. The number of pyridine rings is 1. The van der Waals surface area contributed by atoms with Crippen LogP contribution in [-0.4, -0.2) is 37.4 Å². The van der Waals surface area contributed by atoms with Gasteiger partial charge in [0, 0.05) is 28.9 Å². The molecule has 1 unspecified atom stereocenters. The number of carbonyl (C=O) groups is 2. The monoisotopic (exact) mass is 529 g/mol. The molecule has 1 atom stereocenters.